The molecule has 0 spiro atoms. The molecule has 3 rings (SSSR count). The fraction of sp³-hybridized carbons (Fsp3) is 0. The number of carbonyl (C=O) groups excluding carboxylic acids is 1. The van der Waals surface area contributed by atoms with Crippen LogP contribution < -0.4 is 5.32 Å². The summed E-state index contributed by atoms with van der Waals surface area (Å²) in [6.07, 6.45) is 1.26. The molecule has 128 valence electrons. The SMILES string of the molecule is N#C/C(=C\c1ccc(-c2cccc(F)c2)o1)C(=O)Nc1cccc(F)c1. The van der Waals surface area contributed by atoms with E-state index in [9.17, 15) is 18.8 Å². The summed E-state index contributed by atoms with van der Waals surface area (Å²) in [4.78, 5) is 12.2. The molecular formula is C20H12F2N2O2. The fourth-order valence-electron chi connectivity index (χ4n) is 2.28. The Balaban J connectivity index is 1.81. The Labute approximate surface area is 148 Å². The number of furan rings is 1. The average Bonchev–Trinajstić information content (AvgIpc) is 3.08. The molecule has 3 aromatic rings. The van der Waals surface area contributed by atoms with Crippen LogP contribution in [-0.4, -0.2) is 5.91 Å². The number of halogens is 2. The lowest BCUT2D eigenvalue weighted by Crippen LogP contribution is -2.13. The summed E-state index contributed by atoms with van der Waals surface area (Å²) < 4.78 is 32.0. The third-order valence-corrected chi connectivity index (χ3v) is 3.47. The molecule has 0 bridgehead atoms. The van der Waals surface area contributed by atoms with Crippen LogP contribution in [0, 0.1) is 23.0 Å². The summed E-state index contributed by atoms with van der Waals surface area (Å²) >= 11 is 0. The van der Waals surface area contributed by atoms with Crippen molar-refractivity contribution in [3.05, 3.63) is 83.6 Å². The highest BCUT2D eigenvalue weighted by molar-refractivity contribution is 6.09. The number of hydrogen-bond acceptors (Lipinski definition) is 3. The van der Waals surface area contributed by atoms with Gasteiger partial charge in [0, 0.05) is 17.3 Å². The highest BCUT2D eigenvalue weighted by Crippen LogP contribution is 2.24. The predicted molar refractivity (Wildman–Crippen MR) is 92.7 cm³/mol. The van der Waals surface area contributed by atoms with Crippen molar-refractivity contribution in [3.8, 4) is 17.4 Å². The third-order valence-electron chi connectivity index (χ3n) is 3.47. The maximum absolute atomic E-state index is 13.3. The van der Waals surface area contributed by atoms with E-state index >= 15 is 0 Å². The fourth-order valence-corrected chi connectivity index (χ4v) is 2.28. The molecule has 1 heterocycles. The summed E-state index contributed by atoms with van der Waals surface area (Å²) in [5, 5.41) is 11.6. The number of nitrogens with one attached hydrogen (secondary N) is 1. The van der Waals surface area contributed by atoms with Gasteiger partial charge in [0.2, 0.25) is 0 Å². The van der Waals surface area contributed by atoms with Gasteiger partial charge in [0.05, 0.1) is 0 Å². The maximum Gasteiger partial charge on any atom is 0.266 e. The summed E-state index contributed by atoms with van der Waals surface area (Å²) in [5.41, 5.74) is 0.554. The standard InChI is InChI=1S/C20H12F2N2O2/c21-15-4-1-3-13(9-15)19-8-7-18(26-19)10-14(12-23)20(25)24-17-6-2-5-16(22)11-17/h1-11H,(H,24,25)/b14-10+. The predicted octanol–water partition coefficient (Wildman–Crippen LogP) is 4.77. The summed E-state index contributed by atoms with van der Waals surface area (Å²) in [7, 11) is 0. The van der Waals surface area contributed by atoms with Crippen LogP contribution in [0.15, 0.2) is 70.7 Å². The highest BCUT2D eigenvalue weighted by Gasteiger charge is 2.12. The Morgan fingerprint density at radius 3 is 2.46 bits per heavy atom. The molecule has 26 heavy (non-hydrogen) atoms. The van der Waals surface area contributed by atoms with E-state index in [4.69, 9.17) is 4.42 Å². The van der Waals surface area contributed by atoms with Crippen molar-refractivity contribution in [3.63, 3.8) is 0 Å². The Morgan fingerprint density at radius 1 is 1.04 bits per heavy atom. The largest absolute Gasteiger partial charge is 0.457 e. The lowest BCUT2D eigenvalue weighted by Gasteiger charge is -2.03. The Hall–Kier alpha value is -3.72. The second kappa shape index (κ2) is 7.45. The van der Waals surface area contributed by atoms with Gasteiger partial charge in [-0.3, -0.25) is 4.79 Å². The molecule has 4 nitrogen and oxygen atoms in total. The van der Waals surface area contributed by atoms with E-state index in [0.29, 0.717) is 11.3 Å². The Morgan fingerprint density at radius 2 is 1.77 bits per heavy atom. The van der Waals surface area contributed by atoms with E-state index in [1.165, 1.54) is 36.4 Å². The van der Waals surface area contributed by atoms with Gasteiger partial charge in [0.15, 0.2) is 0 Å². The smallest absolute Gasteiger partial charge is 0.266 e. The number of amides is 1. The lowest BCUT2D eigenvalue weighted by molar-refractivity contribution is -0.112. The number of benzene rings is 2. The van der Waals surface area contributed by atoms with Crippen LogP contribution in [0.2, 0.25) is 0 Å². The highest BCUT2D eigenvalue weighted by atomic mass is 19.1. The molecule has 0 aliphatic rings. The Bertz CT molecular complexity index is 1030. The van der Waals surface area contributed by atoms with Crippen molar-refractivity contribution in [2.24, 2.45) is 0 Å². The van der Waals surface area contributed by atoms with Gasteiger partial charge < -0.3 is 9.73 Å². The number of carbonyl (C=O) groups is 1. The molecule has 0 saturated heterocycles. The van der Waals surface area contributed by atoms with E-state index in [1.54, 1.807) is 30.3 Å². The van der Waals surface area contributed by atoms with Crippen molar-refractivity contribution in [1.82, 2.24) is 0 Å². The molecule has 1 amide bonds. The molecule has 0 aliphatic carbocycles. The van der Waals surface area contributed by atoms with Gasteiger partial charge in [0.1, 0.15) is 34.8 Å². The van der Waals surface area contributed by atoms with Gasteiger partial charge in [-0.25, -0.2) is 8.78 Å². The zero-order valence-electron chi connectivity index (χ0n) is 13.4. The molecule has 2 aromatic carbocycles. The van der Waals surface area contributed by atoms with Crippen LogP contribution in [0.4, 0.5) is 14.5 Å². The number of anilines is 1. The molecule has 6 heteroatoms. The summed E-state index contributed by atoms with van der Waals surface area (Å²) in [6.45, 7) is 0. The van der Waals surface area contributed by atoms with Crippen molar-refractivity contribution in [1.29, 1.82) is 5.26 Å². The number of nitrogens with zero attached hydrogens (tertiary/aromatic N) is 1. The molecule has 0 radical (unpaired) electrons. The minimum Gasteiger partial charge on any atom is -0.457 e. The summed E-state index contributed by atoms with van der Waals surface area (Å²) in [5.74, 6) is -0.935. The van der Waals surface area contributed by atoms with Crippen molar-refractivity contribution >= 4 is 17.7 Å². The molecule has 0 atom stereocenters. The zero-order chi connectivity index (χ0) is 18.5. The van der Waals surface area contributed by atoms with Crippen LogP contribution in [0.5, 0.6) is 0 Å². The van der Waals surface area contributed by atoms with Gasteiger partial charge in [-0.2, -0.15) is 5.26 Å². The van der Waals surface area contributed by atoms with Crippen LogP contribution in [0.1, 0.15) is 5.76 Å². The van der Waals surface area contributed by atoms with E-state index < -0.39 is 17.5 Å². The van der Waals surface area contributed by atoms with Crippen molar-refractivity contribution in [2.45, 2.75) is 0 Å². The first-order valence-electron chi connectivity index (χ1n) is 7.59. The van der Waals surface area contributed by atoms with E-state index in [1.807, 2.05) is 0 Å². The monoisotopic (exact) mass is 350 g/mol. The van der Waals surface area contributed by atoms with Gasteiger partial charge in [-0.15, -0.1) is 0 Å². The molecule has 1 N–H and O–H groups in total. The van der Waals surface area contributed by atoms with Crippen LogP contribution >= 0.6 is 0 Å². The van der Waals surface area contributed by atoms with E-state index in [2.05, 4.69) is 5.32 Å². The first kappa shape index (κ1) is 17.1. The first-order chi connectivity index (χ1) is 12.5. The number of hydrogen-bond donors (Lipinski definition) is 1. The minimum absolute atomic E-state index is 0.214. The second-order valence-electron chi connectivity index (χ2n) is 5.35. The topological polar surface area (TPSA) is 66.0 Å². The van der Waals surface area contributed by atoms with Gasteiger partial charge >= 0.3 is 0 Å². The van der Waals surface area contributed by atoms with Crippen LogP contribution in [-0.2, 0) is 4.79 Å². The molecule has 0 unspecified atom stereocenters. The average molecular weight is 350 g/mol. The number of rotatable bonds is 4. The summed E-state index contributed by atoms with van der Waals surface area (Å²) in [6, 6.07) is 16.1. The first-order valence-corrected chi connectivity index (χ1v) is 7.59. The molecular weight excluding hydrogens is 338 g/mol. The van der Waals surface area contributed by atoms with Crippen LogP contribution in [0.3, 0.4) is 0 Å². The Kier molecular flexibility index (Phi) is 4.90. The van der Waals surface area contributed by atoms with Gasteiger partial charge in [-0.05, 0) is 42.5 Å². The van der Waals surface area contributed by atoms with Crippen LogP contribution in [0.25, 0.3) is 17.4 Å². The van der Waals surface area contributed by atoms with Gasteiger partial charge in [-0.1, -0.05) is 18.2 Å². The molecule has 1 aromatic heterocycles. The third kappa shape index (κ3) is 4.02. The molecule has 0 saturated carbocycles. The molecule has 0 fully saturated rings. The zero-order valence-corrected chi connectivity index (χ0v) is 13.4. The van der Waals surface area contributed by atoms with Gasteiger partial charge in [0.25, 0.3) is 5.91 Å². The van der Waals surface area contributed by atoms with Crippen molar-refractivity contribution < 1.29 is 18.0 Å². The normalized spacial score (nSPS) is 11.0. The van der Waals surface area contributed by atoms with E-state index in [-0.39, 0.29) is 17.0 Å². The minimum atomic E-state index is -0.693. The quantitative estimate of drug-likeness (QED) is 0.544. The molecule has 0 aliphatic heterocycles. The van der Waals surface area contributed by atoms with E-state index in [0.717, 1.165) is 6.07 Å². The lowest BCUT2D eigenvalue weighted by atomic mass is 10.2. The van der Waals surface area contributed by atoms with Crippen molar-refractivity contribution in [2.75, 3.05) is 5.32 Å². The second-order valence-corrected chi connectivity index (χ2v) is 5.35. The number of nitriles is 1. The maximum atomic E-state index is 13.3.